The van der Waals surface area contributed by atoms with Gasteiger partial charge in [-0.15, -0.1) is 0 Å². The molecule has 0 aliphatic rings. The Morgan fingerprint density at radius 2 is 1.90 bits per heavy atom. The molecule has 0 aliphatic heterocycles. The van der Waals surface area contributed by atoms with Crippen molar-refractivity contribution in [1.82, 2.24) is 5.32 Å². The van der Waals surface area contributed by atoms with Crippen LogP contribution in [0, 0.1) is 5.82 Å². The molecule has 0 aromatic heterocycles. The van der Waals surface area contributed by atoms with Crippen LogP contribution in [0.15, 0.2) is 40.9 Å². The lowest BCUT2D eigenvalue weighted by atomic mass is 9.98. The molecule has 5 heteroatoms. The summed E-state index contributed by atoms with van der Waals surface area (Å²) in [5.74, 6) is -0.303. The van der Waals surface area contributed by atoms with Gasteiger partial charge in [-0.1, -0.05) is 52.1 Å². The highest BCUT2D eigenvalue weighted by Gasteiger charge is 2.19. The SMILES string of the molecule is CCCNC(c1cc(F)ccc1Cl)c1ccc(Cl)cc1Br. The number of hydrogen-bond acceptors (Lipinski definition) is 1. The van der Waals surface area contributed by atoms with Crippen molar-refractivity contribution in [3.8, 4) is 0 Å². The molecule has 1 atom stereocenters. The maximum Gasteiger partial charge on any atom is 0.123 e. The van der Waals surface area contributed by atoms with Crippen LogP contribution in [0.4, 0.5) is 4.39 Å². The largest absolute Gasteiger partial charge is 0.306 e. The molecule has 0 saturated heterocycles. The van der Waals surface area contributed by atoms with Gasteiger partial charge >= 0.3 is 0 Å². The lowest BCUT2D eigenvalue weighted by molar-refractivity contribution is 0.584. The van der Waals surface area contributed by atoms with Crippen LogP contribution in [-0.4, -0.2) is 6.54 Å². The Morgan fingerprint density at radius 3 is 2.57 bits per heavy atom. The van der Waals surface area contributed by atoms with Crippen LogP contribution in [0.25, 0.3) is 0 Å². The van der Waals surface area contributed by atoms with Gasteiger partial charge < -0.3 is 5.32 Å². The van der Waals surface area contributed by atoms with Crippen molar-refractivity contribution in [2.45, 2.75) is 19.4 Å². The van der Waals surface area contributed by atoms with Crippen LogP contribution in [0.5, 0.6) is 0 Å². The van der Waals surface area contributed by atoms with Crippen molar-refractivity contribution in [3.63, 3.8) is 0 Å². The fourth-order valence-electron chi connectivity index (χ4n) is 2.15. The third-order valence-corrected chi connectivity index (χ3v) is 4.41. The molecule has 0 heterocycles. The molecule has 2 aromatic carbocycles. The van der Waals surface area contributed by atoms with Gasteiger partial charge in [0, 0.05) is 14.5 Å². The Labute approximate surface area is 142 Å². The normalized spacial score (nSPS) is 12.4. The van der Waals surface area contributed by atoms with Gasteiger partial charge in [-0.05, 0) is 54.4 Å². The minimum absolute atomic E-state index is 0.195. The third-order valence-electron chi connectivity index (χ3n) is 3.14. The van der Waals surface area contributed by atoms with E-state index in [9.17, 15) is 4.39 Å². The predicted molar refractivity (Wildman–Crippen MR) is 90.7 cm³/mol. The van der Waals surface area contributed by atoms with E-state index in [2.05, 4.69) is 28.2 Å². The van der Waals surface area contributed by atoms with Crippen LogP contribution in [0.3, 0.4) is 0 Å². The summed E-state index contributed by atoms with van der Waals surface area (Å²) in [5.41, 5.74) is 1.69. The molecule has 21 heavy (non-hydrogen) atoms. The number of benzene rings is 2. The Morgan fingerprint density at radius 1 is 1.14 bits per heavy atom. The first-order chi connectivity index (χ1) is 10.0. The van der Waals surface area contributed by atoms with Gasteiger partial charge in [-0.25, -0.2) is 4.39 Å². The first kappa shape index (κ1) is 16.8. The molecule has 1 unspecified atom stereocenters. The van der Waals surface area contributed by atoms with Gasteiger partial charge in [0.1, 0.15) is 5.82 Å². The van der Waals surface area contributed by atoms with Crippen LogP contribution in [0.2, 0.25) is 10.0 Å². The highest BCUT2D eigenvalue weighted by molar-refractivity contribution is 9.10. The first-order valence-corrected chi connectivity index (χ1v) is 8.21. The Bertz CT molecular complexity index is 634. The number of hydrogen-bond donors (Lipinski definition) is 1. The highest BCUT2D eigenvalue weighted by atomic mass is 79.9. The average molecular weight is 391 g/mol. The molecule has 1 nitrogen and oxygen atoms in total. The molecule has 2 aromatic rings. The standard InChI is InChI=1S/C16H15BrCl2FN/c1-2-7-21-16(12-5-3-10(18)8-14(12)17)13-9-11(20)4-6-15(13)19/h3-6,8-9,16,21H,2,7H2,1H3. The summed E-state index contributed by atoms with van der Waals surface area (Å²) in [5, 5.41) is 4.58. The summed E-state index contributed by atoms with van der Waals surface area (Å²) < 4.78 is 14.5. The zero-order valence-electron chi connectivity index (χ0n) is 11.5. The zero-order valence-corrected chi connectivity index (χ0v) is 14.6. The Kier molecular flexibility index (Phi) is 6.06. The van der Waals surface area contributed by atoms with E-state index in [0.717, 1.165) is 23.0 Å². The molecule has 0 spiro atoms. The Hall–Kier alpha value is -0.610. The second-order valence-corrected chi connectivity index (χ2v) is 6.42. The third kappa shape index (κ3) is 4.19. The van der Waals surface area contributed by atoms with E-state index in [-0.39, 0.29) is 11.9 Å². The second kappa shape index (κ2) is 7.59. The van der Waals surface area contributed by atoms with E-state index in [4.69, 9.17) is 23.2 Å². The van der Waals surface area contributed by atoms with Crippen molar-refractivity contribution in [2.24, 2.45) is 0 Å². The van der Waals surface area contributed by atoms with Crippen LogP contribution in [0.1, 0.15) is 30.5 Å². The second-order valence-electron chi connectivity index (χ2n) is 4.72. The topological polar surface area (TPSA) is 12.0 Å². The molecular weight excluding hydrogens is 376 g/mol. The van der Waals surface area contributed by atoms with Crippen molar-refractivity contribution in [2.75, 3.05) is 6.54 Å². The monoisotopic (exact) mass is 389 g/mol. The van der Waals surface area contributed by atoms with Gasteiger partial charge in [0.2, 0.25) is 0 Å². The van der Waals surface area contributed by atoms with Crippen molar-refractivity contribution in [3.05, 3.63) is 67.9 Å². The smallest absolute Gasteiger partial charge is 0.123 e. The fourth-order valence-corrected chi connectivity index (χ4v) is 3.29. The molecule has 0 saturated carbocycles. The molecule has 2 rings (SSSR count). The van der Waals surface area contributed by atoms with Gasteiger partial charge in [0.25, 0.3) is 0 Å². The van der Waals surface area contributed by atoms with Gasteiger partial charge in [-0.3, -0.25) is 0 Å². The molecule has 0 amide bonds. The molecule has 112 valence electrons. The van der Waals surface area contributed by atoms with Crippen molar-refractivity contribution < 1.29 is 4.39 Å². The van der Waals surface area contributed by atoms with Crippen LogP contribution >= 0.6 is 39.1 Å². The minimum Gasteiger partial charge on any atom is -0.306 e. The fraction of sp³-hybridized carbons (Fsp3) is 0.250. The zero-order chi connectivity index (χ0) is 15.4. The summed E-state index contributed by atoms with van der Waals surface area (Å²) in [6.45, 7) is 2.88. The summed E-state index contributed by atoms with van der Waals surface area (Å²) in [6.07, 6.45) is 0.967. The number of nitrogens with one attached hydrogen (secondary N) is 1. The molecule has 0 aliphatic carbocycles. The van der Waals surface area contributed by atoms with E-state index in [1.807, 2.05) is 18.2 Å². The van der Waals surface area contributed by atoms with Crippen molar-refractivity contribution in [1.29, 1.82) is 0 Å². The van der Waals surface area contributed by atoms with E-state index < -0.39 is 0 Å². The van der Waals surface area contributed by atoms with Crippen molar-refractivity contribution >= 4 is 39.1 Å². The van der Waals surface area contributed by atoms with Gasteiger partial charge in [0.15, 0.2) is 0 Å². The molecular formula is C16H15BrCl2FN. The molecule has 0 fully saturated rings. The predicted octanol–water partition coefficient (Wildman–Crippen LogP) is 5.98. The average Bonchev–Trinajstić information content (AvgIpc) is 2.44. The number of halogens is 4. The van der Waals surface area contributed by atoms with Crippen LogP contribution < -0.4 is 5.32 Å². The lowest BCUT2D eigenvalue weighted by Crippen LogP contribution is -2.24. The summed E-state index contributed by atoms with van der Waals surface area (Å²) in [6, 6.07) is 9.77. The first-order valence-electron chi connectivity index (χ1n) is 6.66. The molecule has 0 bridgehead atoms. The van der Waals surface area contributed by atoms with E-state index in [1.54, 1.807) is 6.07 Å². The van der Waals surface area contributed by atoms with Gasteiger partial charge in [-0.2, -0.15) is 0 Å². The Balaban J connectivity index is 2.49. The summed E-state index contributed by atoms with van der Waals surface area (Å²) in [7, 11) is 0. The molecule has 1 N–H and O–H groups in total. The quantitative estimate of drug-likeness (QED) is 0.661. The van der Waals surface area contributed by atoms with E-state index >= 15 is 0 Å². The lowest BCUT2D eigenvalue weighted by Gasteiger charge is -2.22. The highest BCUT2D eigenvalue weighted by Crippen LogP contribution is 2.34. The summed E-state index contributed by atoms with van der Waals surface area (Å²) >= 11 is 15.8. The minimum atomic E-state index is -0.303. The summed E-state index contributed by atoms with van der Waals surface area (Å²) in [4.78, 5) is 0. The van der Waals surface area contributed by atoms with E-state index in [0.29, 0.717) is 15.6 Å². The number of rotatable bonds is 5. The molecule has 0 radical (unpaired) electrons. The maximum atomic E-state index is 13.6. The maximum absolute atomic E-state index is 13.6. The van der Waals surface area contributed by atoms with E-state index in [1.165, 1.54) is 12.1 Å². The van der Waals surface area contributed by atoms with Crippen LogP contribution in [-0.2, 0) is 0 Å². The van der Waals surface area contributed by atoms with Gasteiger partial charge in [0.05, 0.1) is 6.04 Å².